The summed E-state index contributed by atoms with van der Waals surface area (Å²) in [5, 5.41) is 0. The third-order valence-electron chi connectivity index (χ3n) is 1.75. The van der Waals surface area contributed by atoms with E-state index in [1.54, 1.807) is 6.92 Å². The first kappa shape index (κ1) is 14.6. The summed E-state index contributed by atoms with van der Waals surface area (Å²) < 4.78 is 64.5. The van der Waals surface area contributed by atoms with Crippen molar-refractivity contribution in [3.8, 4) is 0 Å². The van der Waals surface area contributed by atoms with Crippen LogP contribution in [-0.2, 0) is 14.8 Å². The van der Waals surface area contributed by atoms with Gasteiger partial charge in [-0.25, -0.2) is 13.1 Å². The van der Waals surface area contributed by atoms with E-state index in [-0.39, 0.29) is 11.4 Å². The maximum absolute atomic E-state index is 11.9. The van der Waals surface area contributed by atoms with E-state index >= 15 is 0 Å². The third-order valence-corrected chi connectivity index (χ3v) is 3.15. The molecular weight excluding hydrogens is 271 g/mol. The van der Waals surface area contributed by atoms with Gasteiger partial charge in [-0.15, -0.1) is 13.2 Å². The van der Waals surface area contributed by atoms with Crippen molar-refractivity contribution in [1.82, 2.24) is 4.72 Å². The van der Waals surface area contributed by atoms with Crippen LogP contribution in [0.1, 0.15) is 13.3 Å². The predicted molar refractivity (Wildman–Crippen MR) is 57.5 cm³/mol. The number of rotatable bonds is 5. The van der Waals surface area contributed by atoms with E-state index in [1.807, 2.05) is 5.73 Å². The van der Waals surface area contributed by atoms with Crippen molar-refractivity contribution in [1.29, 1.82) is 0 Å². The highest BCUT2D eigenvalue weighted by atomic mass is 32.2. The number of hydrogen-bond donors (Lipinski definition) is 1. The Labute approximate surface area is 102 Å². The highest BCUT2D eigenvalue weighted by Crippen LogP contribution is 2.22. The second kappa shape index (κ2) is 5.46. The quantitative estimate of drug-likeness (QED) is 0.784. The number of sulfonamides is 1. The van der Waals surface area contributed by atoms with Crippen LogP contribution < -0.4 is 4.72 Å². The molecule has 0 saturated heterocycles. The Bertz CT molecular complexity index is 547. The lowest BCUT2D eigenvalue weighted by Crippen LogP contribution is -2.25. The number of nitrogens with one attached hydrogen (secondary N) is 1. The minimum absolute atomic E-state index is 0.233. The minimum Gasteiger partial charge on any atom is -0.397 e. The van der Waals surface area contributed by atoms with Gasteiger partial charge in [0, 0.05) is 6.54 Å². The maximum Gasteiger partial charge on any atom is 0.573 e. The van der Waals surface area contributed by atoms with Gasteiger partial charge in [-0.3, -0.25) is 0 Å². The highest BCUT2D eigenvalue weighted by molar-refractivity contribution is 7.93. The molecule has 0 fully saturated rings. The molecule has 1 aliphatic carbocycles. The number of allylic oxidation sites excluding steroid dienone is 2. The molecule has 1 N–H and O–H groups in total. The molecular formula is C10H10F3NO3S. The summed E-state index contributed by atoms with van der Waals surface area (Å²) in [7, 11) is -3.76. The maximum atomic E-state index is 11.9. The van der Waals surface area contributed by atoms with Gasteiger partial charge in [-0.2, -0.15) is 0 Å². The van der Waals surface area contributed by atoms with Crippen LogP contribution in [0.25, 0.3) is 0 Å². The SMILES string of the molecule is CCCNS(=O)(=O)C1=C=C=C(OC(F)(F)F)C=C1. The lowest BCUT2D eigenvalue weighted by molar-refractivity contribution is -0.303. The van der Waals surface area contributed by atoms with E-state index in [0.29, 0.717) is 6.42 Å². The Hall–Kier alpha value is -1.46. The average Bonchev–Trinajstić information content (AvgIpc) is 2.25. The van der Waals surface area contributed by atoms with Gasteiger partial charge < -0.3 is 4.74 Å². The van der Waals surface area contributed by atoms with Gasteiger partial charge in [0.1, 0.15) is 4.91 Å². The van der Waals surface area contributed by atoms with Crippen LogP contribution in [0.5, 0.6) is 0 Å². The van der Waals surface area contributed by atoms with Crippen LogP contribution in [0.15, 0.2) is 34.3 Å². The van der Waals surface area contributed by atoms with Gasteiger partial charge in [0.2, 0.25) is 10.0 Å². The van der Waals surface area contributed by atoms with Crippen molar-refractivity contribution in [2.45, 2.75) is 19.7 Å². The smallest absolute Gasteiger partial charge is 0.397 e. The standard InChI is InChI=1S/C10H10F3NO3S/c1-2-7-14-18(15,16)9-5-3-8(4-6-9)17-10(11,12)13/h3,5,14H,2,7H2,1H3. The lowest BCUT2D eigenvalue weighted by atomic mass is 10.3. The average molecular weight is 281 g/mol. The van der Waals surface area contributed by atoms with Crippen LogP contribution >= 0.6 is 0 Å². The predicted octanol–water partition coefficient (Wildman–Crippen LogP) is 1.94. The van der Waals surface area contributed by atoms with Gasteiger partial charge in [-0.05, 0) is 30.0 Å². The summed E-state index contributed by atoms with van der Waals surface area (Å²) in [6.07, 6.45) is -2.41. The molecule has 1 rings (SSSR count). The summed E-state index contributed by atoms with van der Waals surface area (Å²) in [5.74, 6) is -0.642. The zero-order chi connectivity index (χ0) is 13.8. The molecule has 0 aliphatic heterocycles. The Morgan fingerprint density at radius 2 is 2.00 bits per heavy atom. The van der Waals surface area contributed by atoms with Crippen molar-refractivity contribution in [3.63, 3.8) is 0 Å². The fourth-order valence-corrected chi connectivity index (χ4v) is 2.07. The first-order chi connectivity index (χ1) is 8.24. The molecule has 0 bridgehead atoms. The van der Waals surface area contributed by atoms with E-state index in [2.05, 4.69) is 15.2 Å². The Kier molecular flexibility index (Phi) is 4.43. The zero-order valence-corrected chi connectivity index (χ0v) is 10.2. The Balaban J connectivity index is 2.96. The van der Waals surface area contributed by atoms with Gasteiger partial charge in [0.15, 0.2) is 5.76 Å². The van der Waals surface area contributed by atoms with Crippen molar-refractivity contribution >= 4 is 10.0 Å². The fraction of sp³-hybridized carbons (Fsp3) is 0.400. The first-order valence-electron chi connectivity index (χ1n) is 4.94. The molecule has 0 amide bonds. The second-order valence-electron chi connectivity index (χ2n) is 3.26. The minimum atomic E-state index is -4.84. The number of hydrogen-bond acceptors (Lipinski definition) is 3. The number of ether oxygens (including phenoxy) is 1. The monoisotopic (exact) mass is 281 g/mol. The third kappa shape index (κ3) is 4.43. The second-order valence-corrected chi connectivity index (χ2v) is 4.99. The molecule has 0 atom stereocenters. The van der Waals surface area contributed by atoms with E-state index in [1.165, 1.54) is 0 Å². The van der Waals surface area contributed by atoms with E-state index in [9.17, 15) is 21.6 Å². The lowest BCUT2D eigenvalue weighted by Gasteiger charge is -2.09. The Morgan fingerprint density at radius 1 is 1.33 bits per heavy atom. The van der Waals surface area contributed by atoms with Crippen LogP contribution in [0, 0.1) is 0 Å². The largest absolute Gasteiger partial charge is 0.573 e. The number of halogens is 3. The fourth-order valence-electron chi connectivity index (χ4n) is 1.01. The van der Waals surface area contributed by atoms with Gasteiger partial charge >= 0.3 is 6.36 Å². The van der Waals surface area contributed by atoms with E-state index < -0.39 is 22.1 Å². The summed E-state index contributed by atoms with van der Waals surface area (Å²) in [4.78, 5) is -0.287. The summed E-state index contributed by atoms with van der Waals surface area (Å²) in [6, 6.07) is 0. The van der Waals surface area contributed by atoms with Crippen LogP contribution in [-0.4, -0.2) is 21.3 Å². The molecule has 1 aliphatic rings. The zero-order valence-electron chi connectivity index (χ0n) is 9.34. The van der Waals surface area contributed by atoms with Crippen LogP contribution in [0.2, 0.25) is 0 Å². The molecule has 100 valence electrons. The molecule has 18 heavy (non-hydrogen) atoms. The number of alkyl halides is 3. The summed E-state index contributed by atoms with van der Waals surface area (Å²) in [6.45, 7) is 2.01. The molecule has 0 aromatic rings. The molecule has 0 radical (unpaired) electrons. The van der Waals surface area contributed by atoms with Crippen molar-refractivity contribution < 1.29 is 26.3 Å². The molecule has 0 aromatic heterocycles. The molecule has 0 heterocycles. The van der Waals surface area contributed by atoms with Crippen LogP contribution in [0.4, 0.5) is 13.2 Å². The normalized spacial score (nSPS) is 15.3. The van der Waals surface area contributed by atoms with Gasteiger partial charge in [-0.1, -0.05) is 6.92 Å². The van der Waals surface area contributed by atoms with Crippen LogP contribution in [0.3, 0.4) is 0 Å². The van der Waals surface area contributed by atoms with Gasteiger partial charge in [0.25, 0.3) is 0 Å². The molecule has 0 spiro atoms. The highest BCUT2D eigenvalue weighted by Gasteiger charge is 2.32. The summed E-state index contributed by atoms with van der Waals surface area (Å²) >= 11 is 0. The Morgan fingerprint density at radius 3 is 2.44 bits per heavy atom. The topological polar surface area (TPSA) is 55.4 Å². The van der Waals surface area contributed by atoms with E-state index in [4.69, 9.17) is 0 Å². The van der Waals surface area contributed by atoms with Gasteiger partial charge in [0.05, 0.1) is 0 Å². The molecule has 0 saturated carbocycles. The van der Waals surface area contributed by atoms with E-state index in [0.717, 1.165) is 12.2 Å². The van der Waals surface area contributed by atoms with Crippen molar-refractivity contribution in [3.05, 3.63) is 34.3 Å². The molecule has 0 aromatic carbocycles. The molecule has 0 unspecified atom stereocenters. The summed E-state index contributed by atoms with van der Waals surface area (Å²) in [5.41, 5.74) is 4.10. The molecule has 4 nitrogen and oxygen atoms in total. The molecule has 8 heteroatoms. The first-order valence-corrected chi connectivity index (χ1v) is 6.42. The van der Waals surface area contributed by atoms with Crippen molar-refractivity contribution in [2.24, 2.45) is 0 Å². The van der Waals surface area contributed by atoms with Crippen molar-refractivity contribution in [2.75, 3.05) is 6.54 Å².